The number of benzene rings is 2. The number of anilines is 2. The third-order valence-corrected chi connectivity index (χ3v) is 6.41. The fourth-order valence-corrected chi connectivity index (χ4v) is 4.59. The summed E-state index contributed by atoms with van der Waals surface area (Å²) < 4.78 is 36.9. The molecule has 29 heavy (non-hydrogen) atoms. The molecule has 7 nitrogen and oxygen atoms in total. The Morgan fingerprint density at radius 2 is 1.66 bits per heavy atom. The van der Waals surface area contributed by atoms with Crippen molar-refractivity contribution in [1.82, 2.24) is 0 Å². The third-order valence-electron chi connectivity index (χ3n) is 4.14. The van der Waals surface area contributed by atoms with Crippen LogP contribution in [0.1, 0.15) is 6.92 Å². The molecule has 0 saturated carbocycles. The Morgan fingerprint density at radius 1 is 1.03 bits per heavy atom. The van der Waals surface area contributed by atoms with E-state index in [2.05, 4.69) is 5.32 Å². The third kappa shape index (κ3) is 4.83. The summed E-state index contributed by atoms with van der Waals surface area (Å²) in [6.07, 6.45) is 1.01. The van der Waals surface area contributed by atoms with E-state index in [4.69, 9.17) is 44.3 Å². The van der Waals surface area contributed by atoms with Gasteiger partial charge in [-0.15, -0.1) is 0 Å². The number of carbonyl (C=O) groups excluding carboxylic acids is 1. The summed E-state index contributed by atoms with van der Waals surface area (Å²) in [5.41, 5.74) is 0.480. The fourth-order valence-electron chi connectivity index (χ4n) is 2.83. The first-order chi connectivity index (χ1) is 13.6. The van der Waals surface area contributed by atoms with Gasteiger partial charge in [-0.2, -0.15) is 0 Å². The molecule has 1 amide bonds. The summed E-state index contributed by atoms with van der Waals surface area (Å²) in [6.45, 7) is 2.21. The summed E-state index contributed by atoms with van der Waals surface area (Å²) in [7, 11) is -3.81. The van der Waals surface area contributed by atoms with Crippen molar-refractivity contribution < 1.29 is 22.7 Å². The zero-order valence-electron chi connectivity index (χ0n) is 15.4. The van der Waals surface area contributed by atoms with Gasteiger partial charge < -0.3 is 14.8 Å². The average molecular weight is 480 g/mol. The van der Waals surface area contributed by atoms with Gasteiger partial charge in [0.2, 0.25) is 15.9 Å². The first-order valence-electron chi connectivity index (χ1n) is 8.42. The Morgan fingerprint density at radius 3 is 2.31 bits per heavy atom. The van der Waals surface area contributed by atoms with E-state index < -0.39 is 22.0 Å². The van der Waals surface area contributed by atoms with Crippen LogP contribution in [0.25, 0.3) is 0 Å². The van der Waals surface area contributed by atoms with Crippen molar-refractivity contribution >= 4 is 62.1 Å². The first-order valence-corrected chi connectivity index (χ1v) is 11.4. The summed E-state index contributed by atoms with van der Waals surface area (Å²) in [5.74, 6) is 0.307. The summed E-state index contributed by atoms with van der Waals surface area (Å²) in [5, 5.41) is 3.19. The Bertz CT molecular complexity index is 1060. The maximum atomic E-state index is 12.8. The number of rotatable bonds is 5. The van der Waals surface area contributed by atoms with E-state index in [0.717, 1.165) is 10.6 Å². The zero-order chi connectivity index (χ0) is 21.3. The van der Waals surface area contributed by atoms with Gasteiger partial charge in [0.25, 0.3) is 0 Å². The van der Waals surface area contributed by atoms with Gasteiger partial charge in [0.05, 0.1) is 32.7 Å². The molecule has 1 atom stereocenters. The number of halogens is 3. The van der Waals surface area contributed by atoms with E-state index in [9.17, 15) is 13.2 Å². The maximum absolute atomic E-state index is 12.8. The second-order valence-electron chi connectivity index (χ2n) is 6.30. The predicted octanol–water partition coefficient (Wildman–Crippen LogP) is 4.21. The Labute approximate surface area is 183 Å². The molecule has 0 radical (unpaired) electrons. The molecule has 1 aliphatic heterocycles. The van der Waals surface area contributed by atoms with Crippen molar-refractivity contribution in [2.45, 2.75) is 13.0 Å². The van der Waals surface area contributed by atoms with Gasteiger partial charge in [0.15, 0.2) is 11.5 Å². The smallest absolute Gasteiger partial charge is 0.248 e. The Hall–Kier alpha value is -1.87. The summed E-state index contributed by atoms with van der Waals surface area (Å²) >= 11 is 18.0. The minimum atomic E-state index is -3.81. The van der Waals surface area contributed by atoms with Crippen LogP contribution in [0.3, 0.4) is 0 Å². The highest BCUT2D eigenvalue weighted by molar-refractivity contribution is 7.92. The van der Waals surface area contributed by atoms with Crippen molar-refractivity contribution in [2.75, 3.05) is 29.1 Å². The number of amides is 1. The molecule has 0 spiro atoms. The molecule has 2 aromatic rings. The van der Waals surface area contributed by atoms with Crippen LogP contribution in [-0.2, 0) is 14.8 Å². The van der Waals surface area contributed by atoms with Crippen LogP contribution in [-0.4, -0.2) is 39.8 Å². The van der Waals surface area contributed by atoms with Crippen LogP contribution < -0.4 is 19.1 Å². The molecule has 2 aromatic carbocycles. The van der Waals surface area contributed by atoms with Gasteiger partial charge in [0.1, 0.15) is 19.3 Å². The lowest BCUT2D eigenvalue weighted by Crippen LogP contribution is -2.45. The maximum Gasteiger partial charge on any atom is 0.248 e. The van der Waals surface area contributed by atoms with Crippen molar-refractivity contribution in [3.8, 4) is 11.5 Å². The lowest BCUT2D eigenvalue weighted by Gasteiger charge is -2.29. The molecule has 11 heteroatoms. The Balaban J connectivity index is 1.91. The molecule has 0 aliphatic carbocycles. The highest BCUT2D eigenvalue weighted by Crippen LogP contribution is 2.36. The number of sulfonamides is 1. The number of ether oxygens (including phenoxy) is 2. The quantitative estimate of drug-likeness (QED) is 0.649. The topological polar surface area (TPSA) is 84.9 Å². The van der Waals surface area contributed by atoms with E-state index in [1.165, 1.54) is 25.1 Å². The zero-order valence-corrected chi connectivity index (χ0v) is 18.5. The van der Waals surface area contributed by atoms with Crippen molar-refractivity contribution in [3.63, 3.8) is 0 Å². The van der Waals surface area contributed by atoms with E-state index in [-0.39, 0.29) is 26.4 Å². The second kappa shape index (κ2) is 8.47. The molecule has 0 unspecified atom stereocenters. The number of nitrogens with zero attached hydrogens (tertiary/aromatic N) is 1. The molecule has 0 fully saturated rings. The van der Waals surface area contributed by atoms with Gasteiger partial charge in [-0.1, -0.05) is 34.8 Å². The average Bonchev–Trinajstić information content (AvgIpc) is 2.65. The minimum Gasteiger partial charge on any atom is -0.486 e. The highest BCUT2D eigenvalue weighted by atomic mass is 35.5. The van der Waals surface area contributed by atoms with Crippen LogP contribution in [0.5, 0.6) is 11.5 Å². The molecule has 1 N–H and O–H groups in total. The lowest BCUT2D eigenvalue weighted by atomic mass is 10.2. The van der Waals surface area contributed by atoms with E-state index in [1.807, 2.05) is 0 Å². The highest BCUT2D eigenvalue weighted by Gasteiger charge is 2.30. The lowest BCUT2D eigenvalue weighted by molar-refractivity contribution is -0.116. The molecule has 156 valence electrons. The fraction of sp³-hybridized carbons (Fsp3) is 0.278. The van der Waals surface area contributed by atoms with Crippen molar-refractivity contribution in [2.24, 2.45) is 0 Å². The van der Waals surface area contributed by atoms with Gasteiger partial charge >= 0.3 is 0 Å². The van der Waals surface area contributed by atoms with Gasteiger partial charge in [-0.3, -0.25) is 9.10 Å². The number of hydrogen-bond acceptors (Lipinski definition) is 5. The van der Waals surface area contributed by atoms with Gasteiger partial charge in [-0.25, -0.2) is 8.42 Å². The van der Waals surface area contributed by atoms with Gasteiger partial charge in [0, 0.05) is 6.07 Å². The van der Waals surface area contributed by atoms with Crippen LogP contribution >= 0.6 is 34.8 Å². The van der Waals surface area contributed by atoms with Crippen molar-refractivity contribution in [3.05, 3.63) is 45.4 Å². The van der Waals surface area contributed by atoms with E-state index >= 15 is 0 Å². The first kappa shape index (κ1) is 21.8. The summed E-state index contributed by atoms with van der Waals surface area (Å²) in [4.78, 5) is 12.8. The summed E-state index contributed by atoms with van der Waals surface area (Å²) in [6, 6.07) is 6.35. The number of nitrogens with one attached hydrogen (secondary N) is 1. The SMILES string of the molecule is C[C@@H](C(=O)Nc1cc(Cl)c(Cl)cc1Cl)N(c1ccc2c(c1)OCCO2)S(C)(=O)=O. The Kier molecular flexibility index (Phi) is 6.38. The number of carbonyl (C=O) groups is 1. The number of hydrogen-bond donors (Lipinski definition) is 1. The molecule has 1 aliphatic rings. The number of fused-ring (bicyclic) bond motifs is 1. The molecule has 3 rings (SSSR count). The molecular formula is C18H17Cl3N2O5S. The molecule has 0 bridgehead atoms. The molecule has 0 aromatic heterocycles. The molecule has 1 heterocycles. The molecule has 0 saturated heterocycles. The largest absolute Gasteiger partial charge is 0.486 e. The van der Waals surface area contributed by atoms with Crippen LogP contribution in [0, 0.1) is 0 Å². The monoisotopic (exact) mass is 478 g/mol. The second-order valence-corrected chi connectivity index (χ2v) is 9.38. The molecular weight excluding hydrogens is 463 g/mol. The van der Waals surface area contributed by atoms with Crippen LogP contribution in [0.15, 0.2) is 30.3 Å². The van der Waals surface area contributed by atoms with Crippen molar-refractivity contribution in [1.29, 1.82) is 0 Å². The standard InChI is InChI=1S/C18H17Cl3N2O5S/c1-10(18(24)22-15-9-13(20)12(19)8-14(15)21)23(29(2,25)26)11-3-4-16-17(7-11)28-6-5-27-16/h3-4,7-10H,5-6H2,1-2H3,(H,22,24)/t10-/m0/s1. The van der Waals surface area contributed by atoms with E-state index in [1.54, 1.807) is 12.1 Å². The van der Waals surface area contributed by atoms with E-state index in [0.29, 0.717) is 24.7 Å². The van der Waals surface area contributed by atoms with Crippen LogP contribution in [0.2, 0.25) is 15.1 Å². The normalized spacial score (nSPS) is 14.2. The van der Waals surface area contributed by atoms with Gasteiger partial charge in [-0.05, 0) is 31.2 Å². The van der Waals surface area contributed by atoms with Crippen LogP contribution in [0.4, 0.5) is 11.4 Å². The minimum absolute atomic E-state index is 0.171. The predicted molar refractivity (Wildman–Crippen MR) is 114 cm³/mol.